The first-order valence-corrected chi connectivity index (χ1v) is 5.27. The van der Waals surface area contributed by atoms with E-state index in [1.165, 1.54) is 5.56 Å². The van der Waals surface area contributed by atoms with Crippen LogP contribution in [0.3, 0.4) is 0 Å². The number of nitrogens with zero attached hydrogens (tertiary/aromatic N) is 1. The molecule has 0 unspecified atom stereocenters. The SMILES string of the molecule is CCCc1ccc(N=C(N)CCl)cc1. The lowest BCUT2D eigenvalue weighted by Crippen LogP contribution is -2.12. The minimum atomic E-state index is 0.275. The normalized spacial score (nSPS) is 11.7. The number of hydrogen-bond acceptors (Lipinski definition) is 1. The standard InChI is InChI=1S/C11H15ClN2/c1-2-3-9-4-6-10(7-5-9)14-11(13)8-12/h4-7H,2-3,8H2,1H3,(H2,13,14). The summed E-state index contributed by atoms with van der Waals surface area (Å²) in [6.07, 6.45) is 2.27. The van der Waals surface area contributed by atoms with Gasteiger partial charge in [-0.1, -0.05) is 25.5 Å². The van der Waals surface area contributed by atoms with Crippen molar-refractivity contribution in [1.29, 1.82) is 0 Å². The molecule has 1 aromatic rings. The topological polar surface area (TPSA) is 38.4 Å². The summed E-state index contributed by atoms with van der Waals surface area (Å²) in [5, 5.41) is 0. The van der Waals surface area contributed by atoms with Gasteiger partial charge in [-0.05, 0) is 24.1 Å². The Morgan fingerprint density at radius 3 is 2.50 bits per heavy atom. The van der Waals surface area contributed by atoms with Crippen LogP contribution in [0.15, 0.2) is 29.3 Å². The molecular formula is C11H15ClN2. The molecule has 0 fully saturated rings. The average Bonchev–Trinajstić information content (AvgIpc) is 2.21. The molecule has 0 atom stereocenters. The third-order valence-electron chi connectivity index (χ3n) is 1.88. The average molecular weight is 211 g/mol. The van der Waals surface area contributed by atoms with Gasteiger partial charge in [0.25, 0.3) is 0 Å². The van der Waals surface area contributed by atoms with Crippen molar-refractivity contribution in [3.05, 3.63) is 29.8 Å². The highest BCUT2D eigenvalue weighted by molar-refractivity contribution is 6.28. The summed E-state index contributed by atoms with van der Waals surface area (Å²) in [5.74, 6) is 0.728. The predicted octanol–water partition coefficient (Wildman–Crippen LogP) is 2.87. The molecule has 0 spiro atoms. The molecule has 76 valence electrons. The first kappa shape index (κ1) is 11.1. The Balaban J connectivity index is 2.73. The Morgan fingerprint density at radius 2 is 2.00 bits per heavy atom. The molecule has 1 aromatic carbocycles. The molecule has 0 aliphatic rings. The van der Waals surface area contributed by atoms with Gasteiger partial charge in [-0.25, -0.2) is 4.99 Å². The number of benzene rings is 1. The fourth-order valence-corrected chi connectivity index (χ4v) is 1.28. The van der Waals surface area contributed by atoms with Gasteiger partial charge in [0.15, 0.2) is 0 Å². The van der Waals surface area contributed by atoms with Crippen LogP contribution >= 0.6 is 11.6 Å². The van der Waals surface area contributed by atoms with Crippen LogP contribution < -0.4 is 5.73 Å². The summed E-state index contributed by atoms with van der Waals surface area (Å²) in [7, 11) is 0. The van der Waals surface area contributed by atoms with Crippen LogP contribution in [-0.2, 0) is 6.42 Å². The Kier molecular flexibility index (Phi) is 4.47. The minimum absolute atomic E-state index is 0.275. The zero-order valence-corrected chi connectivity index (χ0v) is 9.09. The third kappa shape index (κ3) is 3.38. The summed E-state index contributed by atoms with van der Waals surface area (Å²) in [6, 6.07) is 8.07. The van der Waals surface area contributed by atoms with E-state index in [9.17, 15) is 0 Å². The number of halogens is 1. The van der Waals surface area contributed by atoms with E-state index in [4.69, 9.17) is 17.3 Å². The van der Waals surface area contributed by atoms with Gasteiger partial charge in [0, 0.05) is 0 Å². The van der Waals surface area contributed by atoms with Crippen LogP contribution in [0.1, 0.15) is 18.9 Å². The Hall–Kier alpha value is -1.02. The number of rotatable bonds is 4. The minimum Gasteiger partial charge on any atom is -0.386 e. The van der Waals surface area contributed by atoms with Crippen molar-refractivity contribution in [2.75, 3.05) is 5.88 Å². The molecule has 0 radical (unpaired) electrons. The van der Waals surface area contributed by atoms with Crippen molar-refractivity contribution in [3.8, 4) is 0 Å². The first-order chi connectivity index (χ1) is 6.76. The number of nitrogens with two attached hydrogens (primary N) is 1. The number of hydrogen-bond donors (Lipinski definition) is 1. The van der Waals surface area contributed by atoms with E-state index in [0.29, 0.717) is 5.84 Å². The lowest BCUT2D eigenvalue weighted by molar-refractivity contribution is 0.922. The van der Waals surface area contributed by atoms with Gasteiger partial charge in [0.05, 0.1) is 11.6 Å². The summed E-state index contributed by atoms with van der Waals surface area (Å²) in [4.78, 5) is 4.14. The van der Waals surface area contributed by atoms with Crippen LogP contribution in [0.2, 0.25) is 0 Å². The molecule has 2 N–H and O–H groups in total. The largest absolute Gasteiger partial charge is 0.386 e. The van der Waals surface area contributed by atoms with Crippen LogP contribution in [0.5, 0.6) is 0 Å². The van der Waals surface area contributed by atoms with Crippen LogP contribution in [0.25, 0.3) is 0 Å². The molecule has 0 saturated carbocycles. The molecule has 0 saturated heterocycles. The van der Waals surface area contributed by atoms with E-state index < -0.39 is 0 Å². The molecule has 0 aliphatic carbocycles. The van der Waals surface area contributed by atoms with E-state index >= 15 is 0 Å². The van der Waals surface area contributed by atoms with Gasteiger partial charge in [-0.2, -0.15) is 0 Å². The number of amidine groups is 1. The van der Waals surface area contributed by atoms with Crippen molar-refractivity contribution in [2.24, 2.45) is 10.7 Å². The Bertz CT molecular complexity index is 304. The highest BCUT2D eigenvalue weighted by atomic mass is 35.5. The van der Waals surface area contributed by atoms with E-state index in [1.54, 1.807) is 0 Å². The van der Waals surface area contributed by atoms with E-state index in [2.05, 4.69) is 24.0 Å². The van der Waals surface area contributed by atoms with Crippen molar-refractivity contribution in [3.63, 3.8) is 0 Å². The fraction of sp³-hybridized carbons (Fsp3) is 0.364. The Morgan fingerprint density at radius 1 is 1.36 bits per heavy atom. The molecule has 2 nitrogen and oxygen atoms in total. The second-order valence-corrected chi connectivity index (χ2v) is 3.42. The van der Waals surface area contributed by atoms with E-state index in [0.717, 1.165) is 18.5 Å². The van der Waals surface area contributed by atoms with E-state index in [1.807, 2.05) is 12.1 Å². The maximum Gasteiger partial charge on any atom is 0.115 e. The molecule has 0 aromatic heterocycles. The quantitative estimate of drug-likeness (QED) is 0.463. The van der Waals surface area contributed by atoms with Gasteiger partial charge < -0.3 is 5.73 Å². The van der Waals surface area contributed by atoms with Crippen molar-refractivity contribution in [2.45, 2.75) is 19.8 Å². The summed E-state index contributed by atoms with van der Waals surface area (Å²) in [5.41, 5.74) is 7.71. The molecule has 1 rings (SSSR count). The first-order valence-electron chi connectivity index (χ1n) is 4.74. The van der Waals surface area contributed by atoms with Crippen molar-refractivity contribution < 1.29 is 0 Å². The fourth-order valence-electron chi connectivity index (χ4n) is 1.22. The Labute approximate surface area is 89.8 Å². The summed E-state index contributed by atoms with van der Waals surface area (Å²) in [6.45, 7) is 2.16. The molecule has 0 bridgehead atoms. The smallest absolute Gasteiger partial charge is 0.115 e. The van der Waals surface area contributed by atoms with Crippen molar-refractivity contribution >= 4 is 23.1 Å². The second kappa shape index (κ2) is 5.66. The van der Waals surface area contributed by atoms with Crippen LogP contribution in [-0.4, -0.2) is 11.7 Å². The van der Waals surface area contributed by atoms with E-state index in [-0.39, 0.29) is 5.88 Å². The highest BCUT2D eigenvalue weighted by Gasteiger charge is 1.93. The molecule has 14 heavy (non-hydrogen) atoms. The molecule has 0 aliphatic heterocycles. The number of aryl methyl sites for hydroxylation is 1. The zero-order valence-electron chi connectivity index (χ0n) is 8.33. The van der Waals surface area contributed by atoms with Gasteiger partial charge >= 0.3 is 0 Å². The summed E-state index contributed by atoms with van der Waals surface area (Å²) < 4.78 is 0. The van der Waals surface area contributed by atoms with Gasteiger partial charge in [0.1, 0.15) is 5.84 Å². The maximum atomic E-state index is 5.53. The maximum absolute atomic E-state index is 5.53. The third-order valence-corrected chi connectivity index (χ3v) is 2.16. The zero-order chi connectivity index (χ0) is 10.4. The lowest BCUT2D eigenvalue weighted by Gasteiger charge is -1.99. The monoisotopic (exact) mass is 210 g/mol. The molecule has 0 heterocycles. The van der Waals surface area contributed by atoms with Gasteiger partial charge in [-0.3, -0.25) is 0 Å². The number of alkyl halides is 1. The number of aliphatic imine (C=N–C) groups is 1. The van der Waals surface area contributed by atoms with Gasteiger partial charge in [0.2, 0.25) is 0 Å². The second-order valence-electron chi connectivity index (χ2n) is 3.15. The van der Waals surface area contributed by atoms with Crippen molar-refractivity contribution in [1.82, 2.24) is 0 Å². The lowest BCUT2D eigenvalue weighted by atomic mass is 10.1. The molecular weight excluding hydrogens is 196 g/mol. The van der Waals surface area contributed by atoms with Crippen LogP contribution in [0, 0.1) is 0 Å². The molecule has 3 heteroatoms. The van der Waals surface area contributed by atoms with Gasteiger partial charge in [-0.15, -0.1) is 11.6 Å². The molecule has 0 amide bonds. The van der Waals surface area contributed by atoms with Crippen LogP contribution in [0.4, 0.5) is 5.69 Å². The predicted molar refractivity (Wildman–Crippen MR) is 62.4 cm³/mol. The highest BCUT2D eigenvalue weighted by Crippen LogP contribution is 2.14. The summed E-state index contributed by atoms with van der Waals surface area (Å²) >= 11 is 5.53.